The molecule has 0 bridgehead atoms. The number of carbonyl (C=O) groups is 1. The average Bonchev–Trinajstić information content (AvgIpc) is 2.64. The Labute approximate surface area is 168 Å². The Kier molecular flexibility index (Phi) is 6.36. The van der Waals surface area contributed by atoms with Gasteiger partial charge in [-0.25, -0.2) is 9.97 Å². The number of nitrogens with one attached hydrogen (secondary N) is 1. The Morgan fingerprint density at radius 1 is 1.19 bits per heavy atom. The van der Waals surface area contributed by atoms with E-state index in [0.717, 1.165) is 32.0 Å². The molecule has 9 heteroatoms. The van der Waals surface area contributed by atoms with E-state index in [2.05, 4.69) is 32.1 Å². The van der Waals surface area contributed by atoms with Gasteiger partial charge in [0.1, 0.15) is 23.7 Å². The van der Waals surface area contributed by atoms with Crippen LogP contribution in [-0.2, 0) is 4.79 Å². The first-order valence-corrected chi connectivity index (χ1v) is 9.36. The topological polar surface area (TPSA) is 70.6 Å². The molecule has 1 saturated heterocycles. The normalized spacial score (nSPS) is 16.1. The zero-order valence-electron chi connectivity index (χ0n) is 15.2. The SMILES string of the molecule is CC(Oc1ccc(Cl)cc1Cl)C(=O)Nc1cc(N2CCN(C)CC2)ncn1. The minimum Gasteiger partial charge on any atom is -0.479 e. The Morgan fingerprint density at radius 2 is 1.93 bits per heavy atom. The van der Waals surface area contributed by atoms with Gasteiger partial charge in [-0.3, -0.25) is 4.79 Å². The van der Waals surface area contributed by atoms with Crippen LogP contribution < -0.4 is 15.0 Å². The van der Waals surface area contributed by atoms with Crippen molar-refractivity contribution >= 4 is 40.7 Å². The molecule has 144 valence electrons. The van der Waals surface area contributed by atoms with Gasteiger partial charge in [-0.1, -0.05) is 23.2 Å². The van der Waals surface area contributed by atoms with Crippen LogP contribution >= 0.6 is 23.2 Å². The summed E-state index contributed by atoms with van der Waals surface area (Å²) in [4.78, 5) is 25.3. The quantitative estimate of drug-likeness (QED) is 0.818. The number of piperazine rings is 1. The molecule has 1 aliphatic rings. The molecule has 1 N–H and O–H groups in total. The molecule has 1 aromatic carbocycles. The molecular formula is C18H21Cl2N5O2. The minimum absolute atomic E-state index is 0.330. The minimum atomic E-state index is -0.759. The van der Waals surface area contributed by atoms with Gasteiger partial charge >= 0.3 is 0 Å². The van der Waals surface area contributed by atoms with Gasteiger partial charge in [0, 0.05) is 37.3 Å². The molecule has 3 rings (SSSR count). The van der Waals surface area contributed by atoms with Gasteiger partial charge in [0.25, 0.3) is 5.91 Å². The number of aromatic nitrogens is 2. The Balaban J connectivity index is 1.62. The Morgan fingerprint density at radius 3 is 2.63 bits per heavy atom. The number of ether oxygens (including phenoxy) is 1. The monoisotopic (exact) mass is 409 g/mol. The molecule has 1 aliphatic heterocycles. The summed E-state index contributed by atoms with van der Waals surface area (Å²) in [6.07, 6.45) is 0.691. The molecule has 0 spiro atoms. The number of rotatable bonds is 5. The number of likely N-dealkylation sites (N-methyl/N-ethyl adjacent to an activating group) is 1. The molecule has 27 heavy (non-hydrogen) atoms. The summed E-state index contributed by atoms with van der Waals surface area (Å²) in [5.41, 5.74) is 0. The van der Waals surface area contributed by atoms with Crippen molar-refractivity contribution in [1.29, 1.82) is 0 Å². The molecule has 1 atom stereocenters. The fourth-order valence-electron chi connectivity index (χ4n) is 2.67. The third-order valence-electron chi connectivity index (χ3n) is 4.30. The summed E-state index contributed by atoms with van der Waals surface area (Å²) < 4.78 is 5.63. The lowest BCUT2D eigenvalue weighted by Gasteiger charge is -2.33. The average molecular weight is 410 g/mol. The molecule has 0 radical (unpaired) electrons. The highest BCUT2D eigenvalue weighted by molar-refractivity contribution is 6.35. The number of nitrogens with zero attached hydrogens (tertiary/aromatic N) is 4. The van der Waals surface area contributed by atoms with E-state index in [1.807, 2.05) is 0 Å². The molecule has 2 heterocycles. The third kappa shape index (κ3) is 5.22. The van der Waals surface area contributed by atoms with Crippen LogP contribution in [0.3, 0.4) is 0 Å². The first-order chi connectivity index (χ1) is 12.9. The predicted molar refractivity (Wildman–Crippen MR) is 107 cm³/mol. The second-order valence-corrected chi connectivity index (χ2v) is 7.22. The molecule has 0 saturated carbocycles. The number of anilines is 2. The van der Waals surface area contributed by atoms with Crippen molar-refractivity contribution in [2.24, 2.45) is 0 Å². The van der Waals surface area contributed by atoms with Gasteiger partial charge < -0.3 is 19.9 Å². The van der Waals surface area contributed by atoms with Gasteiger partial charge in [-0.05, 0) is 32.2 Å². The van der Waals surface area contributed by atoms with Crippen molar-refractivity contribution in [3.05, 3.63) is 40.6 Å². The maximum Gasteiger partial charge on any atom is 0.266 e. The van der Waals surface area contributed by atoms with Crippen LogP contribution in [0.4, 0.5) is 11.6 Å². The van der Waals surface area contributed by atoms with Crippen molar-refractivity contribution in [3.63, 3.8) is 0 Å². The smallest absolute Gasteiger partial charge is 0.266 e. The van der Waals surface area contributed by atoms with Crippen molar-refractivity contribution in [2.45, 2.75) is 13.0 Å². The number of amides is 1. The fraction of sp³-hybridized carbons (Fsp3) is 0.389. The van der Waals surface area contributed by atoms with Crippen LogP contribution in [0, 0.1) is 0 Å². The van der Waals surface area contributed by atoms with E-state index in [1.54, 1.807) is 31.2 Å². The summed E-state index contributed by atoms with van der Waals surface area (Å²) in [5.74, 6) is 1.29. The fourth-order valence-corrected chi connectivity index (χ4v) is 3.12. The zero-order chi connectivity index (χ0) is 19.4. The van der Waals surface area contributed by atoms with Gasteiger partial charge in [0.15, 0.2) is 6.10 Å². The molecular weight excluding hydrogens is 389 g/mol. The van der Waals surface area contributed by atoms with Crippen LogP contribution in [0.15, 0.2) is 30.6 Å². The van der Waals surface area contributed by atoms with Crippen LogP contribution in [0.1, 0.15) is 6.92 Å². The van der Waals surface area contributed by atoms with E-state index in [0.29, 0.717) is 21.6 Å². The van der Waals surface area contributed by atoms with Crippen molar-refractivity contribution in [2.75, 3.05) is 43.4 Å². The van der Waals surface area contributed by atoms with Crippen LogP contribution in [0.25, 0.3) is 0 Å². The largest absolute Gasteiger partial charge is 0.479 e. The zero-order valence-corrected chi connectivity index (χ0v) is 16.7. The van der Waals surface area contributed by atoms with Crippen molar-refractivity contribution in [3.8, 4) is 5.75 Å². The van der Waals surface area contributed by atoms with Gasteiger partial charge in [0.05, 0.1) is 5.02 Å². The van der Waals surface area contributed by atoms with E-state index >= 15 is 0 Å². The number of carbonyl (C=O) groups excluding carboxylic acids is 1. The molecule has 0 aliphatic carbocycles. The lowest BCUT2D eigenvalue weighted by atomic mass is 10.3. The summed E-state index contributed by atoms with van der Waals surface area (Å²) in [6.45, 7) is 5.35. The highest BCUT2D eigenvalue weighted by Crippen LogP contribution is 2.28. The highest BCUT2D eigenvalue weighted by Gasteiger charge is 2.19. The maximum absolute atomic E-state index is 12.4. The molecule has 1 aromatic heterocycles. The maximum atomic E-state index is 12.4. The van der Waals surface area contributed by atoms with E-state index in [-0.39, 0.29) is 5.91 Å². The number of hydrogen-bond acceptors (Lipinski definition) is 6. The van der Waals surface area contributed by atoms with Gasteiger partial charge in [0.2, 0.25) is 0 Å². The summed E-state index contributed by atoms with van der Waals surface area (Å²) in [5, 5.41) is 3.61. The van der Waals surface area contributed by atoms with Gasteiger partial charge in [-0.15, -0.1) is 0 Å². The summed E-state index contributed by atoms with van der Waals surface area (Å²) in [6, 6.07) is 6.62. The third-order valence-corrected chi connectivity index (χ3v) is 4.83. The first kappa shape index (κ1) is 19.7. The van der Waals surface area contributed by atoms with Crippen LogP contribution in [-0.4, -0.2) is 60.1 Å². The Hall–Kier alpha value is -2.09. The molecule has 2 aromatic rings. The van der Waals surface area contributed by atoms with E-state index in [1.165, 1.54) is 6.33 Å². The second kappa shape index (κ2) is 8.73. The van der Waals surface area contributed by atoms with Crippen molar-refractivity contribution < 1.29 is 9.53 Å². The van der Waals surface area contributed by atoms with Gasteiger partial charge in [-0.2, -0.15) is 0 Å². The lowest BCUT2D eigenvalue weighted by Crippen LogP contribution is -2.44. The van der Waals surface area contributed by atoms with Crippen molar-refractivity contribution in [1.82, 2.24) is 14.9 Å². The summed E-state index contributed by atoms with van der Waals surface area (Å²) in [7, 11) is 2.09. The molecule has 1 unspecified atom stereocenters. The number of benzene rings is 1. The van der Waals surface area contributed by atoms with Crippen LogP contribution in [0.5, 0.6) is 5.75 Å². The van der Waals surface area contributed by atoms with E-state index < -0.39 is 6.10 Å². The highest BCUT2D eigenvalue weighted by atomic mass is 35.5. The van der Waals surface area contributed by atoms with E-state index in [9.17, 15) is 4.79 Å². The molecule has 1 fully saturated rings. The molecule has 7 nitrogen and oxygen atoms in total. The summed E-state index contributed by atoms with van der Waals surface area (Å²) >= 11 is 12.0. The number of halogens is 2. The lowest BCUT2D eigenvalue weighted by molar-refractivity contribution is -0.122. The second-order valence-electron chi connectivity index (χ2n) is 6.38. The standard InChI is InChI=1S/C18H21Cl2N5O2/c1-12(27-15-4-3-13(19)9-14(15)20)18(26)23-16-10-17(22-11-21-16)25-7-5-24(2)6-8-25/h3-4,9-12H,5-8H2,1-2H3,(H,21,22,23,26). The van der Waals surface area contributed by atoms with Crippen LogP contribution in [0.2, 0.25) is 10.0 Å². The molecule has 1 amide bonds. The number of hydrogen-bond donors (Lipinski definition) is 1. The van der Waals surface area contributed by atoms with E-state index in [4.69, 9.17) is 27.9 Å². The first-order valence-electron chi connectivity index (χ1n) is 8.60. The predicted octanol–water partition coefficient (Wildman–Crippen LogP) is 2.94. The Bertz CT molecular complexity index is 812.